The van der Waals surface area contributed by atoms with Gasteiger partial charge in [0.2, 0.25) is 0 Å². The summed E-state index contributed by atoms with van der Waals surface area (Å²) in [6.07, 6.45) is 5.01. The molecule has 0 radical (unpaired) electrons. The highest BCUT2D eigenvalue weighted by atomic mass is 35.6. The highest BCUT2D eigenvalue weighted by Gasteiger charge is 2.46. The lowest BCUT2D eigenvalue weighted by Gasteiger charge is -2.42. The standard InChI is InChI=1S/C31H43ClSi/c1-28(2)11-13-30(5,6)25-17-21-19(15-23(25)28)20-16-24-26(18-22(20)27(21)33(9,10)32)31(7,8)14-12-29(24,3)4/h15-18,27H,11-14H2,1-10H3. The van der Waals surface area contributed by atoms with Gasteiger partial charge in [-0.05, 0) is 91.9 Å². The Morgan fingerprint density at radius 2 is 0.848 bits per heavy atom. The molecule has 178 valence electrons. The van der Waals surface area contributed by atoms with Crippen LogP contribution in [0.5, 0.6) is 0 Å². The van der Waals surface area contributed by atoms with Gasteiger partial charge >= 0.3 is 0 Å². The maximum Gasteiger partial charge on any atom is 0.162 e. The van der Waals surface area contributed by atoms with Gasteiger partial charge in [-0.1, -0.05) is 92.7 Å². The summed E-state index contributed by atoms with van der Waals surface area (Å²) in [6.45, 7) is 24.2. The van der Waals surface area contributed by atoms with Crippen LogP contribution in [0.3, 0.4) is 0 Å². The Balaban J connectivity index is 1.85. The molecule has 0 unspecified atom stereocenters. The minimum absolute atomic E-state index is 0.223. The van der Waals surface area contributed by atoms with Crippen LogP contribution in [0, 0.1) is 0 Å². The highest BCUT2D eigenvalue weighted by Crippen LogP contribution is 2.57. The molecule has 2 heteroatoms. The normalized spacial score (nSPS) is 24.0. The van der Waals surface area contributed by atoms with Crippen molar-refractivity contribution in [2.75, 3.05) is 0 Å². The fourth-order valence-corrected chi connectivity index (χ4v) is 9.77. The van der Waals surface area contributed by atoms with Crippen LogP contribution < -0.4 is 0 Å². The van der Waals surface area contributed by atoms with E-state index >= 15 is 0 Å². The third-order valence-electron chi connectivity index (χ3n) is 9.64. The van der Waals surface area contributed by atoms with Gasteiger partial charge in [-0.2, -0.15) is 11.1 Å². The van der Waals surface area contributed by atoms with Crippen LogP contribution in [-0.2, 0) is 21.7 Å². The molecule has 0 bridgehead atoms. The molecule has 0 nitrogen and oxygen atoms in total. The van der Waals surface area contributed by atoms with Crippen molar-refractivity contribution < 1.29 is 0 Å². The fourth-order valence-electron chi connectivity index (χ4n) is 7.11. The molecule has 0 spiro atoms. The molecule has 0 fully saturated rings. The van der Waals surface area contributed by atoms with Crippen molar-refractivity contribution in [2.45, 2.75) is 121 Å². The van der Waals surface area contributed by atoms with Gasteiger partial charge in [0, 0.05) is 5.54 Å². The summed E-state index contributed by atoms with van der Waals surface area (Å²) in [6, 6.07) is 10.4. The number of halogens is 1. The average Bonchev–Trinajstić information content (AvgIpc) is 3.01. The quantitative estimate of drug-likeness (QED) is 0.282. The summed E-state index contributed by atoms with van der Waals surface area (Å²) in [5.41, 5.74) is 13.5. The van der Waals surface area contributed by atoms with Crippen LogP contribution in [0.15, 0.2) is 24.3 Å². The van der Waals surface area contributed by atoms with Crippen molar-refractivity contribution in [3.05, 3.63) is 57.6 Å². The van der Waals surface area contributed by atoms with Gasteiger partial charge in [-0.15, -0.1) is 0 Å². The molecular weight excluding hydrogens is 436 g/mol. The molecule has 3 aliphatic rings. The van der Waals surface area contributed by atoms with Gasteiger partial charge in [0.1, 0.15) is 0 Å². The summed E-state index contributed by atoms with van der Waals surface area (Å²) in [7, 11) is -2.01. The minimum atomic E-state index is -2.01. The van der Waals surface area contributed by atoms with Crippen LogP contribution in [0.25, 0.3) is 11.1 Å². The van der Waals surface area contributed by atoms with E-state index in [1.165, 1.54) is 47.9 Å². The van der Waals surface area contributed by atoms with Gasteiger partial charge in [0.05, 0.1) is 0 Å². The Bertz CT molecular complexity index is 1070. The Morgan fingerprint density at radius 1 is 0.576 bits per heavy atom. The van der Waals surface area contributed by atoms with E-state index in [1.54, 1.807) is 22.3 Å². The SMILES string of the molecule is CC1(C)CCC(C)(C)c2cc3c(cc21)-c1cc2c(cc1C3[Si](C)(C)Cl)C(C)(C)CCC2(C)C. The molecular formula is C31H43ClSi. The zero-order chi connectivity index (χ0) is 24.4. The molecule has 0 aliphatic heterocycles. The monoisotopic (exact) mass is 478 g/mol. The predicted octanol–water partition coefficient (Wildman–Crippen LogP) is 9.48. The number of fused-ring (bicyclic) bond motifs is 5. The van der Waals surface area contributed by atoms with Crippen molar-refractivity contribution in [2.24, 2.45) is 0 Å². The molecule has 0 saturated heterocycles. The fraction of sp³-hybridized carbons (Fsp3) is 0.613. The summed E-state index contributed by atoms with van der Waals surface area (Å²) in [5.74, 6) is 0. The van der Waals surface area contributed by atoms with Gasteiger partial charge in [-0.3, -0.25) is 0 Å². The molecule has 2 aromatic carbocycles. The first-order valence-corrected chi connectivity index (χ1v) is 17.1. The second kappa shape index (κ2) is 6.79. The first kappa shape index (κ1) is 23.7. The first-order chi connectivity index (χ1) is 15.0. The molecule has 5 rings (SSSR count). The molecule has 0 aromatic heterocycles. The van der Waals surface area contributed by atoms with Crippen LogP contribution in [-0.4, -0.2) is 7.38 Å². The number of hydrogen-bond acceptors (Lipinski definition) is 0. The van der Waals surface area contributed by atoms with E-state index in [2.05, 4.69) is 92.7 Å². The summed E-state index contributed by atoms with van der Waals surface area (Å²) in [4.78, 5) is 0. The molecule has 0 amide bonds. The van der Waals surface area contributed by atoms with Gasteiger partial charge in [0.15, 0.2) is 7.38 Å². The largest absolute Gasteiger partial charge is 0.167 e. The van der Waals surface area contributed by atoms with Crippen molar-refractivity contribution >= 4 is 18.5 Å². The average molecular weight is 479 g/mol. The highest BCUT2D eigenvalue weighted by molar-refractivity contribution is 7.20. The summed E-state index contributed by atoms with van der Waals surface area (Å²) >= 11 is 7.35. The maximum atomic E-state index is 7.35. The Labute approximate surface area is 208 Å². The molecule has 0 heterocycles. The maximum absolute atomic E-state index is 7.35. The van der Waals surface area contributed by atoms with E-state index in [0.29, 0.717) is 5.54 Å². The summed E-state index contributed by atoms with van der Waals surface area (Å²) < 4.78 is 0. The van der Waals surface area contributed by atoms with Crippen LogP contribution in [0.1, 0.15) is 120 Å². The number of benzene rings is 2. The molecule has 0 N–H and O–H groups in total. The molecule has 33 heavy (non-hydrogen) atoms. The van der Waals surface area contributed by atoms with E-state index in [0.717, 1.165) is 0 Å². The van der Waals surface area contributed by atoms with Crippen LogP contribution in [0.4, 0.5) is 0 Å². The van der Waals surface area contributed by atoms with Crippen molar-refractivity contribution in [3.8, 4) is 11.1 Å². The second-order valence-electron chi connectivity index (χ2n) is 14.5. The third-order valence-corrected chi connectivity index (χ3v) is 12.3. The zero-order valence-electron chi connectivity index (χ0n) is 22.6. The number of hydrogen-bond donors (Lipinski definition) is 0. The lowest BCUT2D eigenvalue weighted by molar-refractivity contribution is 0.331. The zero-order valence-corrected chi connectivity index (χ0v) is 24.3. The lowest BCUT2D eigenvalue weighted by atomic mass is 9.62. The van der Waals surface area contributed by atoms with E-state index in [9.17, 15) is 0 Å². The van der Waals surface area contributed by atoms with Gasteiger partial charge in [0.25, 0.3) is 0 Å². The Morgan fingerprint density at radius 3 is 1.12 bits per heavy atom. The summed E-state index contributed by atoms with van der Waals surface area (Å²) in [5, 5.41) is 0. The number of rotatable bonds is 1. The Kier molecular flexibility index (Phi) is 4.87. The van der Waals surface area contributed by atoms with Crippen LogP contribution >= 0.6 is 11.1 Å². The topological polar surface area (TPSA) is 0 Å². The van der Waals surface area contributed by atoms with Crippen molar-refractivity contribution in [1.82, 2.24) is 0 Å². The molecule has 3 aliphatic carbocycles. The molecule has 0 atom stereocenters. The van der Waals surface area contributed by atoms with Gasteiger partial charge < -0.3 is 0 Å². The Hall–Kier alpha value is -1.05. The van der Waals surface area contributed by atoms with E-state index in [4.69, 9.17) is 11.1 Å². The predicted molar refractivity (Wildman–Crippen MR) is 148 cm³/mol. The first-order valence-electron chi connectivity index (χ1n) is 13.0. The van der Waals surface area contributed by atoms with E-state index < -0.39 is 7.38 Å². The van der Waals surface area contributed by atoms with Gasteiger partial charge in [-0.25, -0.2) is 0 Å². The van der Waals surface area contributed by atoms with Crippen molar-refractivity contribution in [1.29, 1.82) is 0 Å². The molecule has 2 aromatic rings. The van der Waals surface area contributed by atoms with E-state index in [1.807, 2.05) is 0 Å². The smallest absolute Gasteiger partial charge is 0.162 e. The second-order valence-corrected chi connectivity index (χ2v) is 21.1. The van der Waals surface area contributed by atoms with Crippen LogP contribution in [0.2, 0.25) is 13.1 Å². The minimum Gasteiger partial charge on any atom is -0.167 e. The van der Waals surface area contributed by atoms with E-state index in [-0.39, 0.29) is 21.7 Å². The van der Waals surface area contributed by atoms with Crippen molar-refractivity contribution in [3.63, 3.8) is 0 Å². The third kappa shape index (κ3) is 3.43. The molecule has 0 saturated carbocycles. The lowest BCUT2D eigenvalue weighted by Crippen LogP contribution is -2.35.